The van der Waals surface area contributed by atoms with Crippen LogP contribution in [0.3, 0.4) is 0 Å². The number of likely N-dealkylation sites (tertiary alicyclic amines) is 1. The van der Waals surface area contributed by atoms with Gasteiger partial charge >= 0.3 is 0 Å². The molecule has 2 heterocycles. The van der Waals surface area contributed by atoms with Gasteiger partial charge in [0.25, 0.3) is 0 Å². The van der Waals surface area contributed by atoms with Gasteiger partial charge in [0.1, 0.15) is 0 Å². The molecule has 1 atom stereocenters. The first-order valence-corrected chi connectivity index (χ1v) is 7.67. The summed E-state index contributed by atoms with van der Waals surface area (Å²) in [6.07, 6.45) is 4.96. The average molecular weight is 275 g/mol. The molecular formula is C15H25N5. The largest absolute Gasteiger partial charge is 0.311 e. The first-order valence-electron chi connectivity index (χ1n) is 7.67. The SMILES string of the molecule is CC(C)N1CCN(C2CCN(C#N)CC2)C(CC#N)C1. The van der Waals surface area contributed by atoms with Crippen LogP contribution >= 0.6 is 0 Å². The first kappa shape index (κ1) is 15.1. The molecule has 20 heavy (non-hydrogen) atoms. The van der Waals surface area contributed by atoms with Gasteiger partial charge in [-0.3, -0.25) is 9.80 Å². The highest BCUT2D eigenvalue weighted by atomic mass is 15.3. The fourth-order valence-electron chi connectivity index (χ4n) is 3.43. The normalized spacial score (nSPS) is 26.4. The monoisotopic (exact) mass is 275 g/mol. The van der Waals surface area contributed by atoms with E-state index < -0.39 is 0 Å². The summed E-state index contributed by atoms with van der Waals surface area (Å²) < 4.78 is 0. The van der Waals surface area contributed by atoms with E-state index in [1.165, 1.54) is 0 Å². The Kier molecular flexibility index (Phi) is 5.23. The zero-order valence-electron chi connectivity index (χ0n) is 12.6. The number of rotatable bonds is 3. The van der Waals surface area contributed by atoms with Gasteiger partial charge in [0.2, 0.25) is 0 Å². The van der Waals surface area contributed by atoms with Crippen molar-refractivity contribution in [2.24, 2.45) is 0 Å². The van der Waals surface area contributed by atoms with E-state index in [2.05, 4.69) is 35.9 Å². The predicted octanol–water partition coefficient (Wildman–Crippen LogP) is 1.24. The third-order valence-electron chi connectivity index (χ3n) is 4.69. The van der Waals surface area contributed by atoms with Crippen LogP contribution in [0.25, 0.3) is 0 Å². The van der Waals surface area contributed by atoms with Gasteiger partial charge in [0.05, 0.1) is 12.5 Å². The van der Waals surface area contributed by atoms with E-state index in [1.807, 2.05) is 4.90 Å². The van der Waals surface area contributed by atoms with E-state index in [4.69, 9.17) is 10.5 Å². The second kappa shape index (κ2) is 6.92. The summed E-state index contributed by atoms with van der Waals surface area (Å²) >= 11 is 0. The molecule has 0 aromatic carbocycles. The van der Waals surface area contributed by atoms with Crippen LogP contribution < -0.4 is 0 Å². The van der Waals surface area contributed by atoms with Crippen molar-refractivity contribution >= 4 is 0 Å². The van der Waals surface area contributed by atoms with E-state index >= 15 is 0 Å². The van der Waals surface area contributed by atoms with E-state index in [9.17, 15) is 0 Å². The molecule has 0 saturated carbocycles. The van der Waals surface area contributed by atoms with Gasteiger partial charge in [0.15, 0.2) is 6.19 Å². The van der Waals surface area contributed by atoms with E-state index in [1.54, 1.807) is 0 Å². The van der Waals surface area contributed by atoms with Crippen molar-refractivity contribution in [3.8, 4) is 12.3 Å². The Labute approximate surface area is 122 Å². The van der Waals surface area contributed by atoms with Crippen molar-refractivity contribution in [2.45, 2.75) is 51.2 Å². The topological polar surface area (TPSA) is 57.3 Å². The Hall–Kier alpha value is -1.30. The van der Waals surface area contributed by atoms with Crippen LogP contribution in [0.4, 0.5) is 0 Å². The Bertz CT molecular complexity index is 386. The van der Waals surface area contributed by atoms with Crippen molar-refractivity contribution in [1.29, 1.82) is 10.5 Å². The molecule has 2 saturated heterocycles. The van der Waals surface area contributed by atoms with Crippen LogP contribution in [0.5, 0.6) is 0 Å². The molecule has 0 aliphatic carbocycles. The highest BCUT2D eigenvalue weighted by Crippen LogP contribution is 2.23. The van der Waals surface area contributed by atoms with Crippen molar-refractivity contribution in [3.05, 3.63) is 0 Å². The average Bonchev–Trinajstić information content (AvgIpc) is 2.47. The second-order valence-corrected chi connectivity index (χ2v) is 6.16. The number of nitrogens with zero attached hydrogens (tertiary/aromatic N) is 5. The smallest absolute Gasteiger partial charge is 0.179 e. The summed E-state index contributed by atoms with van der Waals surface area (Å²) in [5.74, 6) is 0. The van der Waals surface area contributed by atoms with Gasteiger partial charge in [-0.05, 0) is 26.7 Å². The summed E-state index contributed by atoms with van der Waals surface area (Å²) in [5.41, 5.74) is 0. The molecule has 1 unspecified atom stereocenters. The minimum Gasteiger partial charge on any atom is -0.311 e. The number of hydrogen-bond acceptors (Lipinski definition) is 5. The predicted molar refractivity (Wildman–Crippen MR) is 77.6 cm³/mol. The van der Waals surface area contributed by atoms with Crippen LogP contribution in [0.2, 0.25) is 0 Å². The third-order valence-corrected chi connectivity index (χ3v) is 4.69. The Morgan fingerprint density at radius 3 is 2.35 bits per heavy atom. The molecule has 0 amide bonds. The van der Waals surface area contributed by atoms with Gasteiger partial charge in [0, 0.05) is 50.8 Å². The molecule has 5 heteroatoms. The van der Waals surface area contributed by atoms with Gasteiger partial charge in [-0.15, -0.1) is 0 Å². The van der Waals surface area contributed by atoms with Crippen molar-refractivity contribution in [2.75, 3.05) is 32.7 Å². The maximum absolute atomic E-state index is 9.09. The Morgan fingerprint density at radius 2 is 1.80 bits per heavy atom. The van der Waals surface area contributed by atoms with Crippen molar-refractivity contribution < 1.29 is 0 Å². The maximum atomic E-state index is 9.09. The molecule has 0 spiro atoms. The fraction of sp³-hybridized carbons (Fsp3) is 0.867. The molecule has 2 rings (SSSR count). The van der Waals surface area contributed by atoms with Crippen LogP contribution in [-0.4, -0.2) is 65.5 Å². The number of hydrogen-bond donors (Lipinski definition) is 0. The lowest BCUT2D eigenvalue weighted by Crippen LogP contribution is -2.59. The van der Waals surface area contributed by atoms with Crippen LogP contribution in [0, 0.1) is 22.8 Å². The molecule has 2 aliphatic heterocycles. The molecule has 2 fully saturated rings. The van der Waals surface area contributed by atoms with Crippen molar-refractivity contribution in [3.63, 3.8) is 0 Å². The highest BCUT2D eigenvalue weighted by molar-refractivity contribution is 4.95. The Morgan fingerprint density at radius 1 is 1.10 bits per heavy atom. The quantitative estimate of drug-likeness (QED) is 0.725. The molecule has 0 aromatic heterocycles. The minimum atomic E-state index is 0.356. The van der Waals surface area contributed by atoms with Gasteiger partial charge in [-0.25, -0.2) is 0 Å². The summed E-state index contributed by atoms with van der Waals surface area (Å²) in [4.78, 5) is 6.86. The summed E-state index contributed by atoms with van der Waals surface area (Å²) in [7, 11) is 0. The summed E-state index contributed by atoms with van der Waals surface area (Å²) in [5, 5.41) is 18.0. The molecule has 110 valence electrons. The number of nitriles is 2. The first-order chi connectivity index (χ1) is 9.65. The molecule has 0 N–H and O–H groups in total. The Balaban J connectivity index is 1.96. The van der Waals surface area contributed by atoms with Crippen molar-refractivity contribution in [1.82, 2.24) is 14.7 Å². The molecular weight excluding hydrogens is 250 g/mol. The molecule has 0 bridgehead atoms. The molecule has 2 aliphatic rings. The maximum Gasteiger partial charge on any atom is 0.179 e. The fourth-order valence-corrected chi connectivity index (χ4v) is 3.43. The minimum absolute atomic E-state index is 0.356. The zero-order chi connectivity index (χ0) is 14.5. The summed E-state index contributed by atoms with van der Waals surface area (Å²) in [6, 6.07) is 3.81. The van der Waals surface area contributed by atoms with E-state index in [0.717, 1.165) is 45.6 Å². The van der Waals surface area contributed by atoms with Crippen LogP contribution in [0.15, 0.2) is 0 Å². The highest BCUT2D eigenvalue weighted by Gasteiger charge is 2.34. The molecule has 5 nitrogen and oxygen atoms in total. The summed E-state index contributed by atoms with van der Waals surface area (Å²) in [6.45, 7) is 9.34. The second-order valence-electron chi connectivity index (χ2n) is 6.16. The molecule has 0 radical (unpaired) electrons. The zero-order valence-corrected chi connectivity index (χ0v) is 12.6. The number of piperazine rings is 1. The molecule has 0 aromatic rings. The lowest BCUT2D eigenvalue weighted by molar-refractivity contribution is 0.0120. The standard InChI is InChI=1S/C15H25N5/c1-13(2)19-9-10-20(15(11-19)3-6-16)14-4-7-18(12-17)8-5-14/h13-15H,3-5,7-11H2,1-2H3. The number of piperidine rings is 1. The van der Waals surface area contributed by atoms with Gasteiger partial charge in [-0.2, -0.15) is 10.5 Å². The lowest BCUT2D eigenvalue weighted by atomic mass is 9.98. The lowest BCUT2D eigenvalue weighted by Gasteiger charge is -2.47. The third kappa shape index (κ3) is 3.42. The van der Waals surface area contributed by atoms with Gasteiger partial charge < -0.3 is 4.90 Å². The van der Waals surface area contributed by atoms with E-state index in [-0.39, 0.29) is 0 Å². The van der Waals surface area contributed by atoms with Crippen LogP contribution in [0.1, 0.15) is 33.1 Å². The van der Waals surface area contributed by atoms with Gasteiger partial charge in [-0.1, -0.05) is 0 Å². The van der Waals surface area contributed by atoms with Crippen LogP contribution in [-0.2, 0) is 0 Å². The van der Waals surface area contributed by atoms with E-state index in [0.29, 0.717) is 24.5 Å².